The molecule has 162 valence electrons. The predicted octanol–water partition coefficient (Wildman–Crippen LogP) is 5.95. The maximum Gasteiger partial charge on any atom is 0.0697 e. The van der Waals surface area contributed by atoms with Crippen LogP contribution in [-0.2, 0) is 12.8 Å². The summed E-state index contributed by atoms with van der Waals surface area (Å²) in [6.07, 6.45) is 14.5. The van der Waals surface area contributed by atoms with E-state index in [1.807, 2.05) is 0 Å². The van der Waals surface area contributed by atoms with Crippen LogP contribution < -0.4 is 0 Å². The molecule has 4 unspecified atom stereocenters. The molecule has 0 spiro atoms. The van der Waals surface area contributed by atoms with Crippen LogP contribution in [0.25, 0.3) is 0 Å². The first-order valence-electron chi connectivity index (χ1n) is 12.7. The quantitative estimate of drug-likeness (QED) is 0.572. The van der Waals surface area contributed by atoms with E-state index in [2.05, 4.69) is 71.8 Å². The molecule has 31 heavy (non-hydrogen) atoms. The third-order valence-electron chi connectivity index (χ3n) is 8.92. The summed E-state index contributed by atoms with van der Waals surface area (Å²) in [6, 6.07) is 23.8. The van der Waals surface area contributed by atoms with Crippen molar-refractivity contribution in [2.45, 2.75) is 75.4 Å². The van der Waals surface area contributed by atoms with Crippen molar-refractivity contribution in [3.8, 4) is 0 Å². The maximum absolute atomic E-state index is 5.18. The minimum absolute atomic E-state index is 0.196. The van der Waals surface area contributed by atoms with Gasteiger partial charge in [-0.2, -0.15) is 0 Å². The molecule has 2 aromatic carbocycles. The van der Waals surface area contributed by atoms with Crippen LogP contribution in [0.4, 0.5) is 0 Å². The molecule has 0 N–H and O–H groups in total. The molecule has 2 aromatic rings. The lowest BCUT2D eigenvalue weighted by molar-refractivity contribution is 0.0562. The maximum atomic E-state index is 5.18. The normalized spacial score (nSPS) is 31.9. The molecule has 7 rings (SSSR count). The van der Waals surface area contributed by atoms with Gasteiger partial charge in [0.1, 0.15) is 0 Å². The third kappa shape index (κ3) is 3.57. The standard InChI is InChI=1S/C29H36N2/c1-4-10-22(11-5-1)18-29(19-23-12-6-2-7-13-23)26-16-25-17-27(28(26)30-20-25)31(29)21-24-14-8-3-9-15-24/h1-2,4-7,10-13,20,24-28H,3,8-9,14-19,21H2. The second-order valence-electron chi connectivity index (χ2n) is 10.8. The van der Waals surface area contributed by atoms with E-state index in [0.717, 1.165) is 18.8 Å². The summed E-state index contributed by atoms with van der Waals surface area (Å²) in [4.78, 5) is 8.21. The van der Waals surface area contributed by atoms with Crippen molar-refractivity contribution in [1.82, 2.24) is 4.90 Å². The lowest BCUT2D eigenvalue weighted by atomic mass is 9.67. The molecule has 2 saturated carbocycles. The minimum atomic E-state index is 0.196. The van der Waals surface area contributed by atoms with E-state index in [4.69, 9.17) is 4.99 Å². The van der Waals surface area contributed by atoms with E-state index < -0.39 is 0 Å². The molecule has 2 nitrogen and oxygen atoms in total. The van der Waals surface area contributed by atoms with E-state index in [1.165, 1.54) is 62.6 Å². The van der Waals surface area contributed by atoms with Gasteiger partial charge in [0, 0.05) is 30.3 Å². The highest BCUT2D eigenvalue weighted by Crippen LogP contribution is 2.55. The summed E-state index contributed by atoms with van der Waals surface area (Å²) in [5, 5.41) is 0. The van der Waals surface area contributed by atoms with Gasteiger partial charge in [-0.1, -0.05) is 79.9 Å². The van der Waals surface area contributed by atoms with Crippen molar-refractivity contribution in [3.63, 3.8) is 0 Å². The van der Waals surface area contributed by atoms with Gasteiger partial charge in [0.15, 0.2) is 0 Å². The summed E-state index contributed by atoms with van der Waals surface area (Å²) in [5.41, 5.74) is 3.20. The Kier molecular flexibility index (Phi) is 5.22. The van der Waals surface area contributed by atoms with Gasteiger partial charge in [-0.05, 0) is 61.5 Å². The smallest absolute Gasteiger partial charge is 0.0697 e. The van der Waals surface area contributed by atoms with Crippen LogP contribution in [0.5, 0.6) is 0 Å². The van der Waals surface area contributed by atoms with E-state index in [9.17, 15) is 0 Å². The van der Waals surface area contributed by atoms with E-state index in [-0.39, 0.29) is 5.54 Å². The number of nitrogens with zero attached hydrogens (tertiary/aromatic N) is 2. The van der Waals surface area contributed by atoms with Crippen molar-refractivity contribution in [2.75, 3.05) is 6.54 Å². The largest absolute Gasteiger partial charge is 0.292 e. The zero-order chi connectivity index (χ0) is 20.7. The summed E-state index contributed by atoms with van der Waals surface area (Å²) in [6.45, 7) is 1.29. The van der Waals surface area contributed by atoms with Crippen LogP contribution in [0.15, 0.2) is 65.7 Å². The molecule has 2 aliphatic carbocycles. The van der Waals surface area contributed by atoms with Crippen molar-refractivity contribution in [3.05, 3.63) is 71.8 Å². The number of likely N-dealkylation sites (tertiary alicyclic amines) is 1. The monoisotopic (exact) mass is 412 g/mol. The Morgan fingerprint density at radius 1 is 0.806 bits per heavy atom. The first-order chi connectivity index (χ1) is 15.3. The van der Waals surface area contributed by atoms with Crippen LogP contribution >= 0.6 is 0 Å². The molecule has 4 atom stereocenters. The number of hydrogen-bond donors (Lipinski definition) is 0. The SMILES string of the molecule is C1=NC2C3CC1CC2C(Cc1ccccc1)(Cc1ccccc1)N3CC1CCCCC1. The average molecular weight is 413 g/mol. The fraction of sp³-hybridized carbons (Fsp3) is 0.552. The molecule has 5 aliphatic rings. The van der Waals surface area contributed by atoms with Crippen LogP contribution in [0, 0.1) is 17.8 Å². The Bertz CT molecular complexity index is 857. The Hall–Kier alpha value is -1.93. The molecule has 0 amide bonds. The molecule has 3 aliphatic heterocycles. The van der Waals surface area contributed by atoms with Gasteiger partial charge in [0.05, 0.1) is 6.04 Å². The van der Waals surface area contributed by atoms with Gasteiger partial charge in [-0.15, -0.1) is 0 Å². The second-order valence-corrected chi connectivity index (χ2v) is 10.8. The van der Waals surface area contributed by atoms with Crippen LogP contribution in [0.3, 0.4) is 0 Å². The van der Waals surface area contributed by atoms with Crippen molar-refractivity contribution in [2.24, 2.45) is 22.7 Å². The zero-order valence-electron chi connectivity index (χ0n) is 18.7. The fourth-order valence-electron chi connectivity index (χ4n) is 7.61. The summed E-state index contributed by atoms with van der Waals surface area (Å²) < 4.78 is 0. The van der Waals surface area contributed by atoms with Crippen molar-refractivity contribution >= 4 is 6.21 Å². The van der Waals surface area contributed by atoms with Crippen LogP contribution in [-0.4, -0.2) is 35.3 Å². The van der Waals surface area contributed by atoms with E-state index >= 15 is 0 Å². The zero-order valence-corrected chi connectivity index (χ0v) is 18.7. The Morgan fingerprint density at radius 2 is 1.45 bits per heavy atom. The first-order valence-corrected chi connectivity index (χ1v) is 12.7. The predicted molar refractivity (Wildman–Crippen MR) is 129 cm³/mol. The highest BCUT2D eigenvalue weighted by Gasteiger charge is 2.62. The topological polar surface area (TPSA) is 15.6 Å². The molecular weight excluding hydrogens is 376 g/mol. The Morgan fingerprint density at radius 3 is 2.06 bits per heavy atom. The molecule has 0 aromatic heterocycles. The number of benzene rings is 2. The van der Waals surface area contributed by atoms with E-state index in [1.54, 1.807) is 0 Å². The lowest BCUT2D eigenvalue weighted by Crippen LogP contribution is -2.54. The molecule has 4 bridgehead atoms. The van der Waals surface area contributed by atoms with Gasteiger partial charge in [-0.3, -0.25) is 9.89 Å². The van der Waals surface area contributed by atoms with Crippen molar-refractivity contribution < 1.29 is 0 Å². The molecule has 3 fully saturated rings. The fourth-order valence-corrected chi connectivity index (χ4v) is 7.61. The van der Waals surface area contributed by atoms with Gasteiger partial charge in [-0.25, -0.2) is 0 Å². The minimum Gasteiger partial charge on any atom is -0.292 e. The molecule has 3 heterocycles. The Labute approximate surface area is 187 Å². The van der Waals surface area contributed by atoms with Crippen LogP contribution in [0.2, 0.25) is 0 Å². The van der Waals surface area contributed by atoms with Gasteiger partial charge >= 0.3 is 0 Å². The lowest BCUT2D eigenvalue weighted by Gasteiger charge is -2.45. The third-order valence-corrected chi connectivity index (χ3v) is 8.92. The average Bonchev–Trinajstić information content (AvgIpc) is 3.00. The summed E-state index contributed by atoms with van der Waals surface area (Å²) in [5.74, 6) is 2.26. The molecular formula is C29H36N2. The summed E-state index contributed by atoms with van der Waals surface area (Å²) in [7, 11) is 0. The van der Waals surface area contributed by atoms with E-state index in [0.29, 0.717) is 23.9 Å². The summed E-state index contributed by atoms with van der Waals surface area (Å²) >= 11 is 0. The molecule has 2 heteroatoms. The number of rotatable bonds is 6. The molecule has 0 radical (unpaired) electrons. The van der Waals surface area contributed by atoms with Gasteiger partial charge < -0.3 is 0 Å². The number of hydrogen-bond acceptors (Lipinski definition) is 2. The number of aliphatic imine (C=N–C) groups is 1. The second kappa shape index (κ2) is 8.20. The highest BCUT2D eigenvalue weighted by molar-refractivity contribution is 5.64. The highest BCUT2D eigenvalue weighted by atomic mass is 15.3. The Balaban J connectivity index is 1.42. The first kappa shape index (κ1) is 19.7. The van der Waals surface area contributed by atoms with Crippen LogP contribution in [0.1, 0.15) is 56.1 Å². The van der Waals surface area contributed by atoms with Gasteiger partial charge in [0.25, 0.3) is 0 Å². The van der Waals surface area contributed by atoms with Crippen molar-refractivity contribution in [1.29, 1.82) is 0 Å². The molecule has 1 saturated heterocycles. The van der Waals surface area contributed by atoms with Gasteiger partial charge in [0.2, 0.25) is 0 Å².